The highest BCUT2D eigenvalue weighted by Crippen LogP contribution is 2.09. The van der Waals surface area contributed by atoms with Crippen LogP contribution in [0.4, 0.5) is 8.78 Å². The molecule has 0 saturated heterocycles. The molecular formula is C12H12F2N2O2. The zero-order chi connectivity index (χ0) is 13.5. The van der Waals surface area contributed by atoms with Gasteiger partial charge in [0.1, 0.15) is 0 Å². The fraction of sp³-hybridized carbons (Fsp3) is 0.333. The molecule has 1 rings (SSSR count). The second-order valence-electron chi connectivity index (χ2n) is 3.56. The molecule has 0 unspecified atom stereocenters. The van der Waals surface area contributed by atoms with E-state index in [2.05, 4.69) is 0 Å². The summed E-state index contributed by atoms with van der Waals surface area (Å²) in [4.78, 5) is 12.7. The Bertz CT molecular complexity index is 440. The van der Waals surface area contributed by atoms with Crippen LogP contribution in [-0.4, -0.2) is 42.0 Å². The molecule has 0 spiro atoms. The van der Waals surface area contributed by atoms with Crippen LogP contribution in [-0.2, 0) is 0 Å². The molecule has 0 heterocycles. The van der Waals surface area contributed by atoms with Gasteiger partial charge >= 0.3 is 0 Å². The summed E-state index contributed by atoms with van der Waals surface area (Å²) >= 11 is 0. The highest BCUT2D eigenvalue weighted by atomic mass is 19.3. The number of alkyl halides is 2. The lowest BCUT2D eigenvalue weighted by atomic mass is 10.1. The van der Waals surface area contributed by atoms with Crippen molar-refractivity contribution >= 4 is 5.91 Å². The molecule has 1 N–H and O–H groups in total. The Morgan fingerprint density at radius 1 is 1.39 bits per heavy atom. The molecule has 1 aromatic rings. The average molecular weight is 254 g/mol. The Labute approximate surface area is 103 Å². The number of benzene rings is 1. The maximum atomic E-state index is 12.3. The lowest BCUT2D eigenvalue weighted by Gasteiger charge is -2.21. The van der Waals surface area contributed by atoms with E-state index in [0.717, 1.165) is 4.90 Å². The molecule has 18 heavy (non-hydrogen) atoms. The largest absolute Gasteiger partial charge is 0.395 e. The van der Waals surface area contributed by atoms with Crippen LogP contribution in [0, 0.1) is 11.3 Å². The average Bonchev–Trinajstić information content (AvgIpc) is 2.37. The number of aliphatic hydroxyl groups excluding tert-OH is 1. The zero-order valence-electron chi connectivity index (χ0n) is 9.51. The van der Waals surface area contributed by atoms with Crippen molar-refractivity contribution in [1.29, 1.82) is 5.26 Å². The molecule has 0 aliphatic carbocycles. The van der Waals surface area contributed by atoms with Gasteiger partial charge in [0.05, 0.1) is 24.8 Å². The molecule has 0 atom stereocenters. The number of hydrogen-bond donors (Lipinski definition) is 1. The number of carbonyl (C=O) groups excluding carboxylic acids is 1. The van der Waals surface area contributed by atoms with E-state index in [1.54, 1.807) is 0 Å². The third-order valence-corrected chi connectivity index (χ3v) is 2.28. The van der Waals surface area contributed by atoms with E-state index in [9.17, 15) is 13.6 Å². The minimum atomic E-state index is -2.65. The van der Waals surface area contributed by atoms with Crippen LogP contribution in [0.1, 0.15) is 15.9 Å². The van der Waals surface area contributed by atoms with E-state index in [0.29, 0.717) is 5.56 Å². The minimum absolute atomic E-state index is 0.150. The van der Waals surface area contributed by atoms with Crippen molar-refractivity contribution in [2.45, 2.75) is 6.43 Å². The lowest BCUT2D eigenvalue weighted by molar-refractivity contribution is 0.0509. The molecule has 1 amide bonds. The first-order chi connectivity index (χ1) is 8.58. The van der Waals surface area contributed by atoms with Crippen LogP contribution >= 0.6 is 0 Å². The summed E-state index contributed by atoms with van der Waals surface area (Å²) in [5.41, 5.74) is 0.595. The van der Waals surface area contributed by atoms with Gasteiger partial charge in [-0.05, 0) is 24.3 Å². The number of hydrogen-bond acceptors (Lipinski definition) is 3. The number of rotatable bonds is 5. The SMILES string of the molecule is N#Cc1ccc(C(=O)N(CCO)CC(F)F)cc1. The van der Waals surface area contributed by atoms with Crippen LogP contribution in [0.2, 0.25) is 0 Å². The highest BCUT2D eigenvalue weighted by Gasteiger charge is 2.19. The second-order valence-corrected chi connectivity index (χ2v) is 3.56. The zero-order valence-corrected chi connectivity index (χ0v) is 9.51. The summed E-state index contributed by atoms with van der Waals surface area (Å²) in [6, 6.07) is 7.57. The third-order valence-electron chi connectivity index (χ3n) is 2.28. The molecule has 0 aromatic heterocycles. The van der Waals surface area contributed by atoms with Gasteiger partial charge in [-0.15, -0.1) is 0 Å². The molecule has 6 heteroatoms. The Hall–Kier alpha value is -2.00. The standard InChI is InChI=1S/C12H12F2N2O2/c13-11(14)8-16(5-6-17)12(18)10-3-1-9(7-15)2-4-10/h1-4,11,17H,5-6,8H2. The van der Waals surface area contributed by atoms with Crippen molar-refractivity contribution in [2.24, 2.45) is 0 Å². The first-order valence-electron chi connectivity index (χ1n) is 5.27. The van der Waals surface area contributed by atoms with E-state index < -0.39 is 18.9 Å². The van der Waals surface area contributed by atoms with Crippen molar-refractivity contribution in [2.75, 3.05) is 19.7 Å². The van der Waals surface area contributed by atoms with Crippen LogP contribution in [0.5, 0.6) is 0 Å². The van der Waals surface area contributed by atoms with Gasteiger partial charge in [0.25, 0.3) is 12.3 Å². The third kappa shape index (κ3) is 3.79. The maximum absolute atomic E-state index is 12.3. The van der Waals surface area contributed by atoms with Gasteiger partial charge in [0, 0.05) is 12.1 Å². The molecule has 0 saturated carbocycles. The second kappa shape index (κ2) is 6.67. The molecule has 4 nitrogen and oxygen atoms in total. The van der Waals surface area contributed by atoms with Gasteiger partial charge < -0.3 is 10.0 Å². The minimum Gasteiger partial charge on any atom is -0.395 e. The van der Waals surface area contributed by atoms with E-state index in [4.69, 9.17) is 10.4 Å². The summed E-state index contributed by atoms with van der Waals surface area (Å²) in [7, 11) is 0. The Kier molecular flexibility index (Phi) is 5.21. The van der Waals surface area contributed by atoms with Gasteiger partial charge in [0.2, 0.25) is 0 Å². The summed E-state index contributed by atoms with van der Waals surface area (Å²) < 4.78 is 24.6. The van der Waals surface area contributed by atoms with Crippen molar-refractivity contribution in [3.63, 3.8) is 0 Å². The smallest absolute Gasteiger partial charge is 0.255 e. The normalized spacial score (nSPS) is 10.2. The number of amides is 1. The van der Waals surface area contributed by atoms with E-state index in [1.165, 1.54) is 24.3 Å². The number of nitrogens with zero attached hydrogens (tertiary/aromatic N) is 2. The van der Waals surface area contributed by atoms with Crippen LogP contribution in [0.3, 0.4) is 0 Å². The number of carbonyl (C=O) groups is 1. The van der Waals surface area contributed by atoms with Crippen LogP contribution in [0.15, 0.2) is 24.3 Å². The quantitative estimate of drug-likeness (QED) is 0.860. The fourth-order valence-corrected chi connectivity index (χ4v) is 1.43. The lowest BCUT2D eigenvalue weighted by Crippen LogP contribution is -2.37. The van der Waals surface area contributed by atoms with Gasteiger partial charge in [-0.1, -0.05) is 0 Å². The molecule has 0 aliphatic heterocycles. The van der Waals surface area contributed by atoms with E-state index in [-0.39, 0.29) is 18.7 Å². The van der Waals surface area contributed by atoms with Gasteiger partial charge in [-0.2, -0.15) is 5.26 Å². The molecule has 0 aliphatic rings. The summed E-state index contributed by atoms with van der Waals surface area (Å²) in [5.74, 6) is -0.589. The van der Waals surface area contributed by atoms with Crippen molar-refractivity contribution in [1.82, 2.24) is 4.90 Å². The van der Waals surface area contributed by atoms with Gasteiger partial charge in [0.15, 0.2) is 0 Å². The van der Waals surface area contributed by atoms with Crippen molar-refractivity contribution < 1.29 is 18.7 Å². The molecule has 0 fully saturated rings. The van der Waals surface area contributed by atoms with Crippen molar-refractivity contribution in [3.05, 3.63) is 35.4 Å². The molecule has 0 radical (unpaired) electrons. The number of nitriles is 1. The molecule has 0 bridgehead atoms. The first kappa shape index (κ1) is 14.1. The van der Waals surface area contributed by atoms with Crippen molar-refractivity contribution in [3.8, 4) is 6.07 Å². The molecule has 96 valence electrons. The predicted octanol–water partition coefficient (Wildman–Crippen LogP) is 1.26. The van der Waals surface area contributed by atoms with Gasteiger partial charge in [-0.3, -0.25) is 4.79 Å². The topological polar surface area (TPSA) is 64.3 Å². The summed E-state index contributed by atoms with van der Waals surface area (Å²) in [6.45, 7) is -1.25. The predicted molar refractivity (Wildman–Crippen MR) is 60.2 cm³/mol. The van der Waals surface area contributed by atoms with E-state index >= 15 is 0 Å². The van der Waals surface area contributed by atoms with Crippen LogP contribution < -0.4 is 0 Å². The summed E-state index contributed by atoms with van der Waals surface area (Å²) in [5, 5.41) is 17.3. The number of aliphatic hydroxyl groups is 1. The summed E-state index contributed by atoms with van der Waals surface area (Å²) in [6.07, 6.45) is -2.65. The highest BCUT2D eigenvalue weighted by molar-refractivity contribution is 5.94. The maximum Gasteiger partial charge on any atom is 0.255 e. The fourth-order valence-electron chi connectivity index (χ4n) is 1.43. The monoisotopic (exact) mass is 254 g/mol. The Morgan fingerprint density at radius 2 is 2.00 bits per heavy atom. The number of halogens is 2. The first-order valence-corrected chi connectivity index (χ1v) is 5.27. The Balaban J connectivity index is 2.84. The van der Waals surface area contributed by atoms with Gasteiger partial charge in [-0.25, -0.2) is 8.78 Å². The molecular weight excluding hydrogens is 242 g/mol. The van der Waals surface area contributed by atoms with Crippen LogP contribution in [0.25, 0.3) is 0 Å². The van der Waals surface area contributed by atoms with E-state index in [1.807, 2.05) is 6.07 Å². The molecule has 1 aromatic carbocycles. The Morgan fingerprint density at radius 3 is 2.44 bits per heavy atom.